The molecular formula is C38H66O25. The third-order valence-electron chi connectivity index (χ3n) is 12.3. The zero-order valence-corrected chi connectivity index (χ0v) is 36.6. The van der Waals surface area contributed by atoms with Crippen LogP contribution in [0.4, 0.5) is 0 Å². The van der Waals surface area contributed by atoms with Crippen LogP contribution in [-0.4, -0.2) is 264 Å². The van der Waals surface area contributed by atoms with Crippen LogP contribution in [-0.2, 0) is 80.6 Å². The molecule has 25 nitrogen and oxygen atoms in total. The van der Waals surface area contributed by atoms with E-state index in [1.165, 1.54) is 49.8 Å². The first-order chi connectivity index (χ1) is 30.1. The normalized spacial score (nSPS) is 48.5. The first-order valence-electron chi connectivity index (χ1n) is 20.5. The van der Waals surface area contributed by atoms with Crippen LogP contribution >= 0.6 is 0 Å². The molecule has 0 spiro atoms. The topological polar surface area (TPSA) is 327 Å². The summed E-state index contributed by atoms with van der Waals surface area (Å²) in [7, 11) is 9.30. The molecule has 0 bridgehead atoms. The van der Waals surface area contributed by atoms with Crippen molar-refractivity contribution < 1.29 is 121 Å². The molecule has 5 heterocycles. The molecule has 8 N–H and O–H groups in total. The Bertz CT molecular complexity index is 1380. The van der Waals surface area contributed by atoms with Crippen LogP contribution in [0.1, 0.15) is 13.8 Å². The van der Waals surface area contributed by atoms with Crippen molar-refractivity contribution in [1.29, 1.82) is 0 Å². The molecule has 0 saturated carbocycles. The number of ether oxygens (including phenoxy) is 16. The molecule has 0 aromatic heterocycles. The van der Waals surface area contributed by atoms with Crippen molar-refractivity contribution in [2.24, 2.45) is 5.92 Å². The minimum atomic E-state index is -1.88. The summed E-state index contributed by atoms with van der Waals surface area (Å²) in [4.78, 5) is 12.8. The van der Waals surface area contributed by atoms with Crippen LogP contribution in [0.3, 0.4) is 0 Å². The van der Waals surface area contributed by atoms with E-state index in [9.17, 15) is 45.6 Å². The molecule has 25 heteroatoms. The zero-order chi connectivity index (χ0) is 46.4. The molecule has 368 valence electrons. The summed E-state index contributed by atoms with van der Waals surface area (Å²) < 4.78 is 93.3. The van der Waals surface area contributed by atoms with E-state index in [-0.39, 0.29) is 5.92 Å². The molecule has 10 unspecified atom stereocenters. The Balaban J connectivity index is 1.30. The van der Waals surface area contributed by atoms with E-state index in [1.54, 1.807) is 13.8 Å². The van der Waals surface area contributed by atoms with Crippen molar-refractivity contribution in [3.8, 4) is 0 Å². The van der Waals surface area contributed by atoms with Crippen molar-refractivity contribution in [2.45, 2.75) is 161 Å². The third-order valence-corrected chi connectivity index (χ3v) is 12.3. The average molecular weight is 923 g/mol. The molecule has 0 radical (unpaired) electrons. The van der Waals surface area contributed by atoms with Gasteiger partial charge in [-0.25, -0.2) is 4.79 Å². The molecule has 0 aromatic carbocycles. The second-order valence-corrected chi connectivity index (χ2v) is 15.8. The highest BCUT2D eigenvalue weighted by molar-refractivity contribution is 5.73. The van der Waals surface area contributed by atoms with Crippen molar-refractivity contribution in [2.75, 3.05) is 69.6 Å². The summed E-state index contributed by atoms with van der Waals surface area (Å²) in [5.41, 5.74) is 0. The Morgan fingerprint density at radius 3 is 1.25 bits per heavy atom. The lowest BCUT2D eigenvalue weighted by Gasteiger charge is -2.50. The lowest BCUT2D eigenvalue weighted by molar-refractivity contribution is -0.392. The highest BCUT2D eigenvalue weighted by atomic mass is 16.8. The van der Waals surface area contributed by atoms with Gasteiger partial charge in [-0.3, -0.25) is 0 Å². The molecule has 0 aromatic rings. The number of aliphatic carboxylic acids is 1. The lowest BCUT2D eigenvalue weighted by atomic mass is 9.90. The number of aliphatic hydroxyl groups excluding tert-OH is 7. The van der Waals surface area contributed by atoms with Gasteiger partial charge in [-0.2, -0.15) is 0 Å². The van der Waals surface area contributed by atoms with E-state index in [4.69, 9.17) is 75.8 Å². The van der Waals surface area contributed by atoms with Gasteiger partial charge >= 0.3 is 5.97 Å². The quantitative estimate of drug-likeness (QED) is 0.0602. The Morgan fingerprint density at radius 2 is 0.794 bits per heavy atom. The lowest BCUT2D eigenvalue weighted by Crippen LogP contribution is -2.68. The third kappa shape index (κ3) is 10.8. The first kappa shape index (κ1) is 52.5. The SMILES string of the molecule is COC1C(OC)[C@H](O[C@H]2O[C@@H](CO)[C@@H](O[C@@H]3OC(C(=O)O)[C@@H](O[C@@H]4OC(CO)[C@@H](C)[C@@H](OC)C4OC)[C@H](OC)C3OC)C(O)C2O)[C@H](C)O[C@@H]1O[C@@H]1C(CO)O[C@H](OC)C(O)[C@H]1O. The number of carbonyl (C=O) groups is 1. The minimum absolute atomic E-state index is 0.342. The average Bonchev–Trinajstić information content (AvgIpc) is 3.28. The van der Waals surface area contributed by atoms with Gasteiger partial charge < -0.3 is 117 Å². The Morgan fingerprint density at radius 1 is 0.413 bits per heavy atom. The molecular weight excluding hydrogens is 856 g/mol. The second kappa shape index (κ2) is 23.5. The maximum Gasteiger partial charge on any atom is 0.335 e. The van der Waals surface area contributed by atoms with Crippen molar-refractivity contribution in [3.63, 3.8) is 0 Å². The van der Waals surface area contributed by atoms with Gasteiger partial charge in [-0.05, 0) is 6.92 Å². The number of aliphatic hydroxyl groups is 7. The van der Waals surface area contributed by atoms with Gasteiger partial charge in [-0.15, -0.1) is 0 Å². The molecule has 25 atom stereocenters. The highest BCUT2D eigenvalue weighted by Crippen LogP contribution is 2.38. The first-order valence-corrected chi connectivity index (χ1v) is 20.5. The highest BCUT2D eigenvalue weighted by Gasteiger charge is 2.58. The molecule has 0 aliphatic carbocycles. The molecule has 5 aliphatic rings. The number of carboxylic acid groups (broad SMARTS) is 1. The van der Waals surface area contributed by atoms with Crippen LogP contribution in [0.5, 0.6) is 0 Å². The Hall–Kier alpha value is -1.45. The minimum Gasteiger partial charge on any atom is -0.479 e. The summed E-state index contributed by atoms with van der Waals surface area (Å²) in [6, 6.07) is 0. The van der Waals surface area contributed by atoms with E-state index >= 15 is 0 Å². The van der Waals surface area contributed by atoms with Gasteiger partial charge in [0.15, 0.2) is 37.6 Å². The number of carboxylic acids is 1. The number of hydrogen-bond acceptors (Lipinski definition) is 24. The van der Waals surface area contributed by atoms with Gasteiger partial charge in [0.1, 0.15) is 91.6 Å². The van der Waals surface area contributed by atoms with Crippen LogP contribution in [0.25, 0.3) is 0 Å². The maximum absolute atomic E-state index is 12.8. The second-order valence-electron chi connectivity index (χ2n) is 15.8. The Labute approximate surface area is 364 Å². The van der Waals surface area contributed by atoms with Crippen LogP contribution in [0.15, 0.2) is 0 Å². The van der Waals surface area contributed by atoms with E-state index in [1.807, 2.05) is 0 Å². The van der Waals surface area contributed by atoms with Gasteiger partial charge in [0.2, 0.25) is 0 Å². The fraction of sp³-hybridized carbons (Fsp3) is 0.974. The Kier molecular flexibility index (Phi) is 19.6. The van der Waals surface area contributed by atoms with Crippen LogP contribution in [0.2, 0.25) is 0 Å². The smallest absolute Gasteiger partial charge is 0.335 e. The van der Waals surface area contributed by atoms with Gasteiger partial charge in [0, 0.05) is 55.7 Å². The summed E-state index contributed by atoms with van der Waals surface area (Å²) >= 11 is 0. The summed E-state index contributed by atoms with van der Waals surface area (Å²) in [6.45, 7) is 1.54. The summed E-state index contributed by atoms with van der Waals surface area (Å²) in [6.07, 6.45) is -31.8. The number of methoxy groups -OCH3 is 7. The van der Waals surface area contributed by atoms with E-state index in [0.717, 1.165) is 0 Å². The van der Waals surface area contributed by atoms with Gasteiger partial charge in [0.05, 0.1) is 38.1 Å². The van der Waals surface area contributed by atoms with E-state index in [0.29, 0.717) is 0 Å². The van der Waals surface area contributed by atoms with Crippen molar-refractivity contribution >= 4 is 5.97 Å². The summed E-state index contributed by atoms with van der Waals surface area (Å²) in [5.74, 6) is -1.85. The van der Waals surface area contributed by atoms with E-state index in [2.05, 4.69) is 0 Å². The largest absolute Gasteiger partial charge is 0.479 e. The predicted octanol–water partition coefficient (Wildman–Crippen LogP) is -4.95. The molecule has 5 fully saturated rings. The summed E-state index contributed by atoms with van der Waals surface area (Å²) in [5, 5.41) is 85.3. The maximum atomic E-state index is 12.8. The molecule has 5 saturated heterocycles. The molecule has 5 rings (SSSR count). The standard InChI is InChI=1S/C38H66O25/c1-13-15(10-39)56-37(30(51-6)22(13)48-3)62-28-27(50-5)32(53-8)38(63-29(28)33(46)47)61-25-17(12-41)58-35(21(45)19(25)43)59-23-14(2)55-36(31(52-7)26(23)49-4)60-24-16(11-40)57-34(54-9)20(44)18(24)42/h13-32,34-45H,10-12H2,1-9H3,(H,46,47)/t13-,14+,15?,16?,17+,18-,19?,20?,21?,22-,23-,24-,25-,26?,27+,28+,29?,30?,31?,32?,34+,35-,36-,37+,38-/m1/s1. The van der Waals surface area contributed by atoms with Crippen LogP contribution < -0.4 is 0 Å². The zero-order valence-electron chi connectivity index (χ0n) is 36.6. The fourth-order valence-electron chi connectivity index (χ4n) is 8.89. The van der Waals surface area contributed by atoms with Gasteiger partial charge in [-0.1, -0.05) is 6.92 Å². The number of rotatable bonds is 19. The van der Waals surface area contributed by atoms with Crippen molar-refractivity contribution in [3.05, 3.63) is 0 Å². The monoisotopic (exact) mass is 922 g/mol. The molecule has 5 aliphatic heterocycles. The van der Waals surface area contributed by atoms with E-state index < -0.39 is 173 Å². The fourth-order valence-corrected chi connectivity index (χ4v) is 8.89. The van der Waals surface area contributed by atoms with Gasteiger partial charge in [0.25, 0.3) is 0 Å². The van der Waals surface area contributed by atoms with Crippen LogP contribution in [0, 0.1) is 5.92 Å². The predicted molar refractivity (Wildman–Crippen MR) is 202 cm³/mol. The molecule has 63 heavy (non-hydrogen) atoms. The molecule has 0 amide bonds. The van der Waals surface area contributed by atoms with Crippen molar-refractivity contribution in [1.82, 2.24) is 0 Å². The number of hydrogen-bond donors (Lipinski definition) is 8.